The maximum Gasteiger partial charge on any atom is 0.293 e. The van der Waals surface area contributed by atoms with E-state index in [0.717, 1.165) is 21.8 Å². The summed E-state index contributed by atoms with van der Waals surface area (Å²) in [5.74, 6) is 0.284. The molecule has 2 amide bonds. The number of nitrogens with zero attached hydrogens (tertiary/aromatic N) is 1. The molecule has 2 aromatic carbocycles. The zero-order valence-corrected chi connectivity index (χ0v) is 18.1. The predicted octanol–water partition coefficient (Wildman–Crippen LogP) is 6.39. The molecule has 0 saturated carbocycles. The summed E-state index contributed by atoms with van der Waals surface area (Å²) in [4.78, 5) is 26.6. The molecule has 1 saturated heterocycles. The summed E-state index contributed by atoms with van der Waals surface area (Å²) < 4.78 is 6.45. The molecule has 0 aliphatic carbocycles. The first kappa shape index (κ1) is 20.3. The van der Waals surface area contributed by atoms with E-state index in [1.54, 1.807) is 24.3 Å². The van der Waals surface area contributed by atoms with Crippen molar-refractivity contribution in [1.82, 2.24) is 4.90 Å². The number of hydrogen-bond acceptors (Lipinski definition) is 4. The summed E-state index contributed by atoms with van der Waals surface area (Å²) in [6, 6.07) is 10.5. The van der Waals surface area contributed by atoms with Crippen molar-refractivity contribution < 1.29 is 14.3 Å². The first-order chi connectivity index (χ1) is 12.9. The Bertz CT molecular complexity index is 949. The van der Waals surface area contributed by atoms with E-state index in [-0.39, 0.29) is 17.7 Å². The Morgan fingerprint density at radius 2 is 1.96 bits per heavy atom. The average molecular weight is 487 g/mol. The Kier molecular flexibility index (Phi) is 6.52. The molecule has 0 atom stereocenters. The first-order valence-corrected chi connectivity index (χ1v) is 10.4. The molecule has 0 unspecified atom stereocenters. The Labute approximate surface area is 179 Å². The highest BCUT2D eigenvalue weighted by Gasteiger charge is 2.35. The summed E-state index contributed by atoms with van der Waals surface area (Å²) in [6.07, 6.45) is 1.67. The molecule has 140 valence electrons. The second kappa shape index (κ2) is 8.69. The lowest BCUT2D eigenvalue weighted by atomic mass is 10.1. The summed E-state index contributed by atoms with van der Waals surface area (Å²) in [6.45, 7) is 2.48. The van der Waals surface area contributed by atoms with Crippen molar-refractivity contribution in [2.75, 3.05) is 6.61 Å². The number of halogens is 3. The fourth-order valence-electron chi connectivity index (χ4n) is 2.52. The molecule has 2 aromatic rings. The van der Waals surface area contributed by atoms with Crippen molar-refractivity contribution in [3.63, 3.8) is 0 Å². The summed E-state index contributed by atoms with van der Waals surface area (Å²) in [5, 5.41) is 0.567. The molecule has 3 rings (SSSR count). The minimum Gasteiger partial charge on any atom is -0.493 e. The monoisotopic (exact) mass is 485 g/mol. The minimum absolute atomic E-state index is 0.0921. The van der Waals surface area contributed by atoms with Crippen LogP contribution in [-0.4, -0.2) is 22.7 Å². The maximum absolute atomic E-state index is 12.8. The lowest BCUT2D eigenvalue weighted by Crippen LogP contribution is -2.27. The van der Waals surface area contributed by atoms with Gasteiger partial charge in [0.25, 0.3) is 11.1 Å². The van der Waals surface area contributed by atoms with Gasteiger partial charge in [-0.15, -0.1) is 0 Å². The van der Waals surface area contributed by atoms with Crippen LogP contribution < -0.4 is 4.74 Å². The van der Waals surface area contributed by atoms with Gasteiger partial charge in [0.1, 0.15) is 5.75 Å². The Morgan fingerprint density at radius 3 is 2.67 bits per heavy atom. The molecule has 0 radical (unpaired) electrons. The quantitative estimate of drug-likeness (QED) is 0.459. The van der Waals surface area contributed by atoms with Crippen LogP contribution in [0, 0.1) is 0 Å². The van der Waals surface area contributed by atoms with Gasteiger partial charge in [0.2, 0.25) is 0 Å². The number of rotatable bonds is 5. The molecule has 0 aromatic heterocycles. The number of carbonyl (C=O) groups is 2. The van der Waals surface area contributed by atoms with Gasteiger partial charge in [-0.1, -0.05) is 45.2 Å². The van der Waals surface area contributed by atoms with Crippen molar-refractivity contribution in [2.45, 2.75) is 13.5 Å². The normalized spacial score (nSPS) is 15.7. The molecule has 0 bridgehead atoms. The summed E-state index contributed by atoms with van der Waals surface area (Å²) in [5.41, 5.74) is 1.38. The molecule has 1 heterocycles. The standard InChI is InChI=1S/C19H14BrCl2NO3S/c1-2-26-16-6-4-13(20)7-12(16)8-17-18(24)23(19(25)27-17)10-11-3-5-14(21)9-15(11)22/h3-9H,2,10H2,1H3/b17-8+. The number of amides is 2. The molecule has 1 aliphatic heterocycles. The molecule has 1 fully saturated rings. The molecule has 0 spiro atoms. The molecule has 1 aliphatic rings. The number of hydrogen-bond donors (Lipinski definition) is 0. The SMILES string of the molecule is CCOc1ccc(Br)cc1/C=C1/SC(=O)N(Cc2ccc(Cl)cc2Cl)C1=O. The van der Waals surface area contributed by atoms with E-state index in [2.05, 4.69) is 15.9 Å². The summed E-state index contributed by atoms with van der Waals surface area (Å²) >= 11 is 16.4. The molecule has 27 heavy (non-hydrogen) atoms. The van der Waals surface area contributed by atoms with E-state index in [1.165, 1.54) is 4.90 Å². The highest BCUT2D eigenvalue weighted by atomic mass is 79.9. The number of carbonyl (C=O) groups excluding carboxylic acids is 2. The van der Waals surface area contributed by atoms with Crippen LogP contribution in [0.25, 0.3) is 6.08 Å². The van der Waals surface area contributed by atoms with Crippen molar-refractivity contribution in [3.05, 3.63) is 66.9 Å². The molecule has 8 heteroatoms. The Morgan fingerprint density at radius 1 is 1.19 bits per heavy atom. The van der Waals surface area contributed by atoms with Crippen LogP contribution in [0.3, 0.4) is 0 Å². The van der Waals surface area contributed by atoms with Crippen LogP contribution in [0.1, 0.15) is 18.1 Å². The van der Waals surface area contributed by atoms with E-state index in [4.69, 9.17) is 27.9 Å². The van der Waals surface area contributed by atoms with Gasteiger partial charge in [-0.2, -0.15) is 0 Å². The highest BCUT2D eigenvalue weighted by molar-refractivity contribution is 9.10. The lowest BCUT2D eigenvalue weighted by Gasteiger charge is -2.13. The second-order valence-corrected chi connectivity index (χ2v) is 8.37. The van der Waals surface area contributed by atoms with Gasteiger partial charge in [-0.25, -0.2) is 0 Å². The van der Waals surface area contributed by atoms with Crippen LogP contribution in [0.5, 0.6) is 5.75 Å². The van der Waals surface area contributed by atoms with Gasteiger partial charge in [-0.05, 0) is 60.7 Å². The van der Waals surface area contributed by atoms with Crippen molar-refractivity contribution in [1.29, 1.82) is 0 Å². The Balaban J connectivity index is 1.88. The summed E-state index contributed by atoms with van der Waals surface area (Å²) in [7, 11) is 0. The average Bonchev–Trinajstić information content (AvgIpc) is 2.87. The highest BCUT2D eigenvalue weighted by Crippen LogP contribution is 2.36. The van der Waals surface area contributed by atoms with Crippen LogP contribution >= 0.6 is 50.9 Å². The van der Waals surface area contributed by atoms with Gasteiger partial charge in [0, 0.05) is 20.1 Å². The van der Waals surface area contributed by atoms with E-state index in [0.29, 0.717) is 32.9 Å². The third-order valence-corrected chi connectivity index (χ3v) is 5.76. The zero-order valence-electron chi connectivity index (χ0n) is 14.2. The first-order valence-electron chi connectivity index (χ1n) is 8.00. The fraction of sp³-hybridized carbons (Fsp3) is 0.158. The topological polar surface area (TPSA) is 46.6 Å². The number of ether oxygens (including phenoxy) is 1. The second-order valence-electron chi connectivity index (χ2n) is 5.62. The van der Waals surface area contributed by atoms with Gasteiger partial charge in [0.05, 0.1) is 18.1 Å². The van der Waals surface area contributed by atoms with E-state index in [9.17, 15) is 9.59 Å². The Hall–Kier alpha value is -1.47. The van der Waals surface area contributed by atoms with E-state index >= 15 is 0 Å². The third kappa shape index (κ3) is 4.69. The van der Waals surface area contributed by atoms with E-state index < -0.39 is 0 Å². The maximum atomic E-state index is 12.8. The van der Waals surface area contributed by atoms with Gasteiger partial charge in [-0.3, -0.25) is 14.5 Å². The molecular formula is C19H14BrCl2NO3S. The van der Waals surface area contributed by atoms with Crippen LogP contribution in [-0.2, 0) is 11.3 Å². The van der Waals surface area contributed by atoms with Crippen molar-refractivity contribution >= 4 is 68.1 Å². The lowest BCUT2D eigenvalue weighted by molar-refractivity contribution is -0.123. The molecule has 0 N–H and O–H groups in total. The zero-order chi connectivity index (χ0) is 19.6. The van der Waals surface area contributed by atoms with E-state index in [1.807, 2.05) is 25.1 Å². The number of thioether (sulfide) groups is 1. The van der Waals surface area contributed by atoms with Crippen LogP contribution in [0.2, 0.25) is 10.0 Å². The third-order valence-electron chi connectivity index (χ3n) is 3.78. The predicted molar refractivity (Wildman–Crippen MR) is 113 cm³/mol. The largest absolute Gasteiger partial charge is 0.493 e. The van der Waals surface area contributed by atoms with Crippen LogP contribution in [0.15, 0.2) is 45.8 Å². The smallest absolute Gasteiger partial charge is 0.293 e. The van der Waals surface area contributed by atoms with Gasteiger partial charge in [0.15, 0.2) is 0 Å². The number of imide groups is 1. The molecule has 4 nitrogen and oxygen atoms in total. The fourth-order valence-corrected chi connectivity index (χ4v) is 4.19. The number of benzene rings is 2. The van der Waals surface area contributed by atoms with Gasteiger partial charge < -0.3 is 4.74 Å². The minimum atomic E-state index is -0.363. The van der Waals surface area contributed by atoms with Crippen LogP contribution in [0.4, 0.5) is 4.79 Å². The van der Waals surface area contributed by atoms with Gasteiger partial charge >= 0.3 is 0 Å². The molecular weight excluding hydrogens is 473 g/mol. The van der Waals surface area contributed by atoms with Crippen molar-refractivity contribution in [3.8, 4) is 5.75 Å². The van der Waals surface area contributed by atoms with Crippen molar-refractivity contribution in [2.24, 2.45) is 0 Å².